The first kappa shape index (κ1) is 18.5. The number of amides is 1. The van der Waals surface area contributed by atoms with Crippen LogP contribution in [0.15, 0.2) is 84.9 Å². The van der Waals surface area contributed by atoms with Crippen LogP contribution in [0.1, 0.15) is 35.3 Å². The van der Waals surface area contributed by atoms with Crippen molar-refractivity contribution in [2.24, 2.45) is 0 Å². The van der Waals surface area contributed by atoms with Crippen LogP contribution in [0.5, 0.6) is 5.75 Å². The maximum absolute atomic E-state index is 13.3. The number of ether oxygens (including phenoxy) is 2. The number of rotatable bonds is 3. The van der Waals surface area contributed by atoms with Gasteiger partial charge >= 0.3 is 6.09 Å². The molecule has 0 unspecified atom stereocenters. The molecule has 1 heterocycles. The van der Waals surface area contributed by atoms with Gasteiger partial charge in [0.2, 0.25) is 0 Å². The molecule has 0 saturated carbocycles. The van der Waals surface area contributed by atoms with Crippen LogP contribution in [0.25, 0.3) is 11.1 Å². The van der Waals surface area contributed by atoms with Crippen molar-refractivity contribution in [2.45, 2.75) is 18.6 Å². The standard InChI is InChI=1S/C26H23NO3/c1-29-19-15-13-18(14-16-19)24-12-6-7-17-27(24)26(28)30-25-22-10-4-2-8-20(22)21-9-3-5-11-23(21)25/h2-11,13-16,24-25H,12,17H2,1H3/t24-/m1/s1. The molecule has 0 bridgehead atoms. The van der Waals surface area contributed by atoms with Crippen LogP contribution < -0.4 is 4.74 Å². The van der Waals surface area contributed by atoms with Gasteiger partial charge in [-0.05, 0) is 35.2 Å². The van der Waals surface area contributed by atoms with E-state index in [1.165, 1.54) is 0 Å². The van der Waals surface area contributed by atoms with Gasteiger partial charge < -0.3 is 9.47 Å². The second-order valence-corrected chi connectivity index (χ2v) is 7.59. The third-order valence-electron chi connectivity index (χ3n) is 5.93. The fraction of sp³-hybridized carbons (Fsp3) is 0.192. The molecular weight excluding hydrogens is 374 g/mol. The summed E-state index contributed by atoms with van der Waals surface area (Å²) in [6.45, 7) is 0.533. The molecule has 0 spiro atoms. The van der Waals surface area contributed by atoms with Gasteiger partial charge in [-0.1, -0.05) is 72.8 Å². The van der Waals surface area contributed by atoms with Gasteiger partial charge in [-0.3, -0.25) is 4.90 Å². The van der Waals surface area contributed by atoms with E-state index in [4.69, 9.17) is 9.47 Å². The van der Waals surface area contributed by atoms with E-state index in [2.05, 4.69) is 18.2 Å². The number of hydrogen-bond donors (Lipinski definition) is 0. The topological polar surface area (TPSA) is 38.8 Å². The van der Waals surface area contributed by atoms with Gasteiger partial charge in [0.25, 0.3) is 0 Å². The van der Waals surface area contributed by atoms with Gasteiger partial charge in [-0.15, -0.1) is 0 Å². The second-order valence-electron chi connectivity index (χ2n) is 7.59. The van der Waals surface area contributed by atoms with Crippen LogP contribution >= 0.6 is 0 Å². The Morgan fingerprint density at radius 3 is 2.13 bits per heavy atom. The molecule has 1 amide bonds. The first-order valence-electron chi connectivity index (χ1n) is 10.2. The lowest BCUT2D eigenvalue weighted by Gasteiger charge is -2.33. The molecular formula is C26H23NO3. The average molecular weight is 397 g/mol. The predicted octanol–water partition coefficient (Wildman–Crippen LogP) is 5.90. The minimum absolute atomic E-state index is 0.0553. The molecule has 0 radical (unpaired) electrons. The van der Waals surface area contributed by atoms with Crippen LogP contribution in [0, 0.1) is 0 Å². The summed E-state index contributed by atoms with van der Waals surface area (Å²) in [5, 5.41) is 0. The lowest BCUT2D eigenvalue weighted by molar-refractivity contribution is 0.0673. The molecule has 0 fully saturated rings. The van der Waals surface area contributed by atoms with E-state index in [1.807, 2.05) is 71.6 Å². The molecule has 3 aromatic rings. The Kier molecular flexibility index (Phi) is 4.75. The number of fused-ring (bicyclic) bond motifs is 3. The molecule has 0 aromatic heterocycles. The van der Waals surface area contributed by atoms with Crippen LogP contribution in [0.3, 0.4) is 0 Å². The summed E-state index contributed by atoms with van der Waals surface area (Å²) in [5.74, 6) is 0.804. The summed E-state index contributed by atoms with van der Waals surface area (Å²) >= 11 is 0. The quantitative estimate of drug-likeness (QED) is 0.516. The molecule has 5 rings (SSSR count). The van der Waals surface area contributed by atoms with Crippen molar-refractivity contribution >= 4 is 6.09 Å². The minimum Gasteiger partial charge on any atom is -0.497 e. The summed E-state index contributed by atoms with van der Waals surface area (Å²) in [5.41, 5.74) is 5.43. The van der Waals surface area contributed by atoms with Crippen molar-refractivity contribution in [1.29, 1.82) is 0 Å². The highest BCUT2D eigenvalue weighted by Gasteiger charge is 2.34. The maximum atomic E-state index is 13.3. The SMILES string of the molecule is COc1ccc([C@H]2CC=CCN2C(=O)OC2c3ccccc3-c3ccccc32)cc1. The number of nitrogens with zero attached hydrogens (tertiary/aromatic N) is 1. The van der Waals surface area contributed by atoms with E-state index in [1.54, 1.807) is 7.11 Å². The molecule has 30 heavy (non-hydrogen) atoms. The van der Waals surface area contributed by atoms with Gasteiger partial charge in [0.15, 0.2) is 6.10 Å². The zero-order valence-electron chi connectivity index (χ0n) is 16.8. The molecule has 3 aromatic carbocycles. The number of hydrogen-bond acceptors (Lipinski definition) is 3. The zero-order valence-corrected chi connectivity index (χ0v) is 16.8. The van der Waals surface area contributed by atoms with Gasteiger partial charge in [-0.2, -0.15) is 0 Å². The number of carbonyl (C=O) groups is 1. The third kappa shape index (κ3) is 3.14. The molecule has 1 aliphatic heterocycles. The Morgan fingerprint density at radius 2 is 1.50 bits per heavy atom. The van der Waals surface area contributed by atoms with Crippen molar-refractivity contribution in [3.05, 3.63) is 102 Å². The summed E-state index contributed by atoms with van der Waals surface area (Å²) in [4.78, 5) is 15.1. The molecule has 4 nitrogen and oxygen atoms in total. The Morgan fingerprint density at radius 1 is 0.867 bits per heavy atom. The van der Waals surface area contributed by atoms with Gasteiger partial charge in [-0.25, -0.2) is 4.79 Å². The van der Waals surface area contributed by atoms with Gasteiger partial charge in [0.1, 0.15) is 5.75 Å². The molecule has 0 N–H and O–H groups in total. The predicted molar refractivity (Wildman–Crippen MR) is 116 cm³/mol. The van der Waals surface area contributed by atoms with E-state index in [9.17, 15) is 4.79 Å². The smallest absolute Gasteiger partial charge is 0.411 e. The molecule has 1 aliphatic carbocycles. The summed E-state index contributed by atoms with van der Waals surface area (Å²) in [6.07, 6.45) is 4.24. The zero-order chi connectivity index (χ0) is 20.5. The fourth-order valence-corrected chi connectivity index (χ4v) is 4.42. The van der Waals surface area contributed by atoms with Crippen molar-refractivity contribution < 1.29 is 14.3 Å². The highest BCUT2D eigenvalue weighted by atomic mass is 16.6. The fourth-order valence-electron chi connectivity index (χ4n) is 4.42. The van der Waals surface area contributed by atoms with Gasteiger partial charge in [0.05, 0.1) is 13.2 Å². The molecule has 2 aliphatic rings. The van der Waals surface area contributed by atoms with Crippen LogP contribution in [-0.4, -0.2) is 24.6 Å². The van der Waals surface area contributed by atoms with Crippen molar-refractivity contribution in [3.63, 3.8) is 0 Å². The number of benzene rings is 3. The van der Waals surface area contributed by atoms with E-state index < -0.39 is 0 Å². The van der Waals surface area contributed by atoms with Gasteiger partial charge in [0, 0.05) is 17.7 Å². The van der Waals surface area contributed by atoms with E-state index in [0.717, 1.165) is 40.0 Å². The Balaban J connectivity index is 1.43. The lowest BCUT2D eigenvalue weighted by Crippen LogP contribution is -2.37. The highest BCUT2D eigenvalue weighted by Crippen LogP contribution is 2.45. The van der Waals surface area contributed by atoms with Crippen LogP contribution in [0.4, 0.5) is 4.79 Å². The lowest BCUT2D eigenvalue weighted by atomic mass is 9.99. The number of methoxy groups -OCH3 is 1. The minimum atomic E-state index is -0.382. The van der Waals surface area contributed by atoms with Crippen LogP contribution in [-0.2, 0) is 4.74 Å². The number of carbonyl (C=O) groups excluding carboxylic acids is 1. The Hall–Kier alpha value is -3.53. The molecule has 150 valence electrons. The Labute approximate surface area is 176 Å². The normalized spacial score (nSPS) is 17.4. The first-order chi connectivity index (χ1) is 14.8. The average Bonchev–Trinajstić information content (AvgIpc) is 3.13. The van der Waals surface area contributed by atoms with E-state index >= 15 is 0 Å². The van der Waals surface area contributed by atoms with Crippen molar-refractivity contribution in [1.82, 2.24) is 4.90 Å². The third-order valence-corrected chi connectivity index (χ3v) is 5.93. The summed E-state index contributed by atoms with van der Waals surface area (Å²) in [7, 11) is 1.65. The monoisotopic (exact) mass is 397 g/mol. The molecule has 1 atom stereocenters. The second kappa shape index (κ2) is 7.71. The molecule has 0 saturated heterocycles. The summed E-state index contributed by atoms with van der Waals surface area (Å²) < 4.78 is 11.4. The van der Waals surface area contributed by atoms with Crippen LogP contribution in [0.2, 0.25) is 0 Å². The van der Waals surface area contributed by atoms with Crippen molar-refractivity contribution in [3.8, 4) is 16.9 Å². The largest absolute Gasteiger partial charge is 0.497 e. The summed E-state index contributed by atoms with van der Waals surface area (Å²) in [6, 6.07) is 24.1. The van der Waals surface area contributed by atoms with E-state index in [0.29, 0.717) is 6.54 Å². The molecule has 4 heteroatoms. The highest BCUT2D eigenvalue weighted by molar-refractivity contribution is 5.80. The maximum Gasteiger partial charge on any atom is 0.411 e. The van der Waals surface area contributed by atoms with Crippen molar-refractivity contribution in [2.75, 3.05) is 13.7 Å². The first-order valence-corrected chi connectivity index (χ1v) is 10.2. The van der Waals surface area contributed by atoms with E-state index in [-0.39, 0.29) is 18.2 Å². The Bertz CT molecular complexity index is 1060.